The monoisotopic (exact) mass is 535 g/mol. The van der Waals surface area contributed by atoms with Crippen LogP contribution in [-0.2, 0) is 20.6 Å². The van der Waals surface area contributed by atoms with Crippen LogP contribution in [0, 0.1) is 0 Å². The largest absolute Gasteiger partial charge is 0.519 e. The van der Waals surface area contributed by atoms with E-state index < -0.39 is 53.8 Å². The van der Waals surface area contributed by atoms with Crippen LogP contribution in [0.3, 0.4) is 0 Å². The van der Waals surface area contributed by atoms with Gasteiger partial charge >= 0.3 is 26.6 Å². The van der Waals surface area contributed by atoms with Gasteiger partial charge in [-0.3, -0.25) is 0 Å². The van der Waals surface area contributed by atoms with Crippen molar-refractivity contribution >= 4 is 53.8 Å². The van der Waals surface area contributed by atoms with Crippen molar-refractivity contribution in [1.29, 1.82) is 0 Å². The second kappa shape index (κ2) is 13.1. The minimum Gasteiger partial charge on any atom is -0.419 e. The van der Waals surface area contributed by atoms with Gasteiger partial charge < -0.3 is 16.5 Å². The zero-order valence-electron chi connectivity index (χ0n) is 21.2. The second-order valence-corrected chi connectivity index (χ2v) is 26.8. The van der Waals surface area contributed by atoms with Crippen LogP contribution in [0.4, 0.5) is 0 Å². The predicted octanol–water partition coefficient (Wildman–Crippen LogP) is 5.59. The number of rotatable bonds is 12. The molecule has 2 atom stereocenters. The lowest BCUT2D eigenvalue weighted by atomic mass is 10.0. The number of hydrogen-bond donors (Lipinski definition) is 0. The van der Waals surface area contributed by atoms with Gasteiger partial charge in [0.15, 0.2) is 27.1 Å². The number of allylic oxidation sites excluding steroid dienone is 2. The maximum atomic E-state index is 7.43. The van der Waals surface area contributed by atoms with Crippen LogP contribution in [-0.4, -0.2) is 53.8 Å². The molecule has 0 aromatic carbocycles. The van der Waals surface area contributed by atoms with Gasteiger partial charge in [0.1, 0.15) is 0 Å². The van der Waals surface area contributed by atoms with Gasteiger partial charge in [-0.25, -0.2) is 4.12 Å². The van der Waals surface area contributed by atoms with Crippen molar-refractivity contribution in [2.75, 3.05) is 0 Å². The Labute approximate surface area is 200 Å². The van der Waals surface area contributed by atoms with E-state index in [0.29, 0.717) is 11.1 Å². The Hall–Kier alpha value is 0.841. The normalized spacial score (nSPS) is 23.0. The molecule has 31 heavy (non-hydrogen) atoms. The third kappa shape index (κ3) is 8.53. The summed E-state index contributed by atoms with van der Waals surface area (Å²) in [7, 11) is -11.0. The summed E-state index contributed by atoms with van der Waals surface area (Å²) in [6.45, 7) is 18.0. The molecule has 0 aromatic heterocycles. The maximum absolute atomic E-state index is 7.43. The van der Waals surface area contributed by atoms with Gasteiger partial charge in [-0.05, 0) is 71.4 Å². The van der Waals surface area contributed by atoms with Crippen molar-refractivity contribution in [3.05, 3.63) is 12.2 Å². The first-order chi connectivity index (χ1) is 14.6. The molecular weight excluding hydrogens is 489 g/mol. The Bertz CT molecular complexity index is 534. The van der Waals surface area contributed by atoms with Crippen LogP contribution in [0.1, 0.15) is 51.4 Å². The van der Waals surface area contributed by atoms with Gasteiger partial charge in [-0.15, -0.1) is 0 Å². The molecule has 11 heteroatoms. The second-order valence-electron chi connectivity index (χ2n) is 10.1. The molecule has 0 N–H and O–H groups in total. The highest BCUT2D eigenvalue weighted by Crippen LogP contribution is 2.45. The standard InChI is InChI=1S/C20H47O5Si6/c1-26(2)21-30(22-27(3)4,19-15-11-9-12-16-19)25-31(23-28(5)6,24-29(7)8)20-17-13-10-14-18-20/h9,11,19-20,26,28-29H,10,12-18H2,1-8H3/q+1. The lowest BCUT2D eigenvalue weighted by Crippen LogP contribution is -2.66. The summed E-state index contributed by atoms with van der Waals surface area (Å²) in [5.41, 5.74) is 0.736. The highest BCUT2D eigenvalue weighted by molar-refractivity contribution is 6.86. The van der Waals surface area contributed by atoms with Crippen molar-refractivity contribution in [3.8, 4) is 0 Å². The fourth-order valence-electron chi connectivity index (χ4n) is 4.72. The average Bonchev–Trinajstić information content (AvgIpc) is 2.67. The zero-order valence-corrected chi connectivity index (χ0v) is 27.7. The SMILES string of the molecule is C[Si+](C)O[Si](O[SiH](C)C)(O[Si](O[SiH](C)C)(O[SiH](C)C)C1CCCCC1)C1CC=CCC1. The van der Waals surface area contributed by atoms with Crippen LogP contribution < -0.4 is 0 Å². The Morgan fingerprint density at radius 1 is 0.710 bits per heavy atom. The van der Waals surface area contributed by atoms with Crippen LogP contribution in [0.5, 0.6) is 0 Å². The first-order valence-corrected chi connectivity index (χ1v) is 26.8. The van der Waals surface area contributed by atoms with E-state index in [1.54, 1.807) is 0 Å². The lowest BCUT2D eigenvalue weighted by Gasteiger charge is -2.46. The van der Waals surface area contributed by atoms with E-state index in [1.165, 1.54) is 32.1 Å². The molecule has 0 radical (unpaired) electrons. The van der Waals surface area contributed by atoms with Crippen molar-refractivity contribution in [3.63, 3.8) is 0 Å². The molecule has 2 unspecified atom stereocenters. The smallest absolute Gasteiger partial charge is 0.419 e. The van der Waals surface area contributed by atoms with Crippen LogP contribution in [0.2, 0.25) is 63.5 Å². The fourth-order valence-corrected chi connectivity index (χ4v) is 26.6. The molecule has 0 aliphatic heterocycles. The molecule has 0 heterocycles. The molecule has 0 amide bonds. The molecule has 180 valence electrons. The quantitative estimate of drug-likeness (QED) is 0.241. The molecule has 1 fully saturated rings. The highest BCUT2D eigenvalue weighted by atomic mass is 28.5. The van der Waals surface area contributed by atoms with Crippen LogP contribution in [0.25, 0.3) is 0 Å². The summed E-state index contributed by atoms with van der Waals surface area (Å²) in [6.07, 6.45) is 13.9. The fraction of sp³-hybridized carbons (Fsp3) is 0.900. The van der Waals surface area contributed by atoms with E-state index in [2.05, 4.69) is 64.5 Å². The maximum Gasteiger partial charge on any atom is 0.519 e. The number of hydrogen-bond acceptors (Lipinski definition) is 5. The zero-order chi connectivity index (χ0) is 23.1. The molecule has 2 rings (SSSR count). The molecule has 1 saturated carbocycles. The summed E-state index contributed by atoms with van der Waals surface area (Å²) in [5.74, 6) is 0. The summed E-state index contributed by atoms with van der Waals surface area (Å²) >= 11 is 0. The Morgan fingerprint density at radius 2 is 1.26 bits per heavy atom. The third-order valence-electron chi connectivity index (χ3n) is 5.71. The molecule has 2 aliphatic carbocycles. The van der Waals surface area contributed by atoms with E-state index in [0.717, 1.165) is 19.3 Å². The van der Waals surface area contributed by atoms with Crippen molar-refractivity contribution in [2.24, 2.45) is 0 Å². The predicted molar refractivity (Wildman–Crippen MR) is 145 cm³/mol. The Morgan fingerprint density at radius 3 is 1.71 bits per heavy atom. The van der Waals surface area contributed by atoms with Gasteiger partial charge in [0.2, 0.25) is 0 Å². The molecule has 5 nitrogen and oxygen atoms in total. The minimum atomic E-state index is -2.96. The van der Waals surface area contributed by atoms with Crippen LogP contribution >= 0.6 is 0 Å². The van der Waals surface area contributed by atoms with E-state index in [9.17, 15) is 0 Å². The van der Waals surface area contributed by atoms with E-state index in [1.807, 2.05) is 0 Å². The molecule has 2 aliphatic rings. The van der Waals surface area contributed by atoms with Gasteiger partial charge in [0.05, 0.1) is 13.1 Å². The summed E-state index contributed by atoms with van der Waals surface area (Å²) in [4.78, 5) is 0. The van der Waals surface area contributed by atoms with E-state index >= 15 is 0 Å². The van der Waals surface area contributed by atoms with Gasteiger partial charge in [0, 0.05) is 11.1 Å². The summed E-state index contributed by atoms with van der Waals surface area (Å²) < 4.78 is 35.2. The molecule has 0 spiro atoms. The molecular formula is C20H47O5Si6+. The minimum absolute atomic E-state index is 0.331. The van der Waals surface area contributed by atoms with E-state index in [4.69, 9.17) is 20.6 Å². The average molecular weight is 536 g/mol. The van der Waals surface area contributed by atoms with Gasteiger partial charge in [-0.1, -0.05) is 31.4 Å². The molecule has 0 bridgehead atoms. The summed E-state index contributed by atoms with van der Waals surface area (Å²) in [5, 5.41) is 0. The Balaban J connectivity index is 2.55. The highest BCUT2D eigenvalue weighted by Gasteiger charge is 2.63. The lowest BCUT2D eigenvalue weighted by molar-refractivity contribution is 0.154. The van der Waals surface area contributed by atoms with E-state index in [-0.39, 0.29) is 0 Å². The first-order valence-electron chi connectivity index (χ1n) is 12.5. The molecule has 0 saturated heterocycles. The first kappa shape index (κ1) is 28.1. The van der Waals surface area contributed by atoms with Crippen LogP contribution in [0.15, 0.2) is 12.2 Å². The van der Waals surface area contributed by atoms with Crippen molar-refractivity contribution in [1.82, 2.24) is 0 Å². The summed E-state index contributed by atoms with van der Waals surface area (Å²) in [6, 6.07) is 0. The van der Waals surface area contributed by atoms with Crippen molar-refractivity contribution in [2.45, 2.75) is 115 Å². The van der Waals surface area contributed by atoms with Gasteiger partial charge in [0.25, 0.3) is 0 Å². The van der Waals surface area contributed by atoms with Gasteiger partial charge in [-0.2, -0.15) is 0 Å². The van der Waals surface area contributed by atoms with Crippen molar-refractivity contribution < 1.29 is 20.6 Å². The third-order valence-corrected chi connectivity index (χ3v) is 23.5. The topological polar surface area (TPSA) is 46.2 Å². The Kier molecular flexibility index (Phi) is 11.8. The molecule has 0 aromatic rings.